The van der Waals surface area contributed by atoms with Crippen LogP contribution in [0.25, 0.3) is 11.4 Å². The molecular formula is C18H21N5O. The number of rotatable bonds is 4. The average molecular weight is 323 g/mol. The number of benzene rings is 1. The van der Waals surface area contributed by atoms with Crippen molar-refractivity contribution in [3.63, 3.8) is 0 Å². The zero-order valence-corrected chi connectivity index (χ0v) is 13.6. The molecular weight excluding hydrogens is 302 g/mol. The van der Waals surface area contributed by atoms with Gasteiger partial charge >= 0.3 is 0 Å². The Morgan fingerprint density at radius 3 is 2.54 bits per heavy atom. The highest BCUT2D eigenvalue weighted by molar-refractivity contribution is 5.54. The van der Waals surface area contributed by atoms with Gasteiger partial charge in [-0.3, -0.25) is 0 Å². The summed E-state index contributed by atoms with van der Waals surface area (Å²) in [5.74, 6) is 1.92. The average Bonchev–Trinajstić information content (AvgIpc) is 3.23. The van der Waals surface area contributed by atoms with Crippen molar-refractivity contribution in [2.45, 2.75) is 51.0 Å². The molecule has 1 fully saturated rings. The first-order chi connectivity index (χ1) is 11.9. The predicted molar refractivity (Wildman–Crippen MR) is 89.3 cm³/mol. The first-order valence-electron chi connectivity index (χ1n) is 8.64. The van der Waals surface area contributed by atoms with E-state index in [2.05, 4.69) is 32.4 Å². The summed E-state index contributed by atoms with van der Waals surface area (Å²) >= 11 is 0. The fourth-order valence-electron chi connectivity index (χ4n) is 3.31. The zero-order valence-electron chi connectivity index (χ0n) is 13.6. The van der Waals surface area contributed by atoms with E-state index in [9.17, 15) is 0 Å². The van der Waals surface area contributed by atoms with Gasteiger partial charge < -0.3 is 4.52 Å². The minimum Gasteiger partial charge on any atom is -0.339 e. The van der Waals surface area contributed by atoms with Crippen LogP contribution in [0.2, 0.25) is 0 Å². The molecule has 1 saturated carbocycles. The first kappa shape index (κ1) is 15.1. The van der Waals surface area contributed by atoms with E-state index in [1.807, 2.05) is 12.1 Å². The van der Waals surface area contributed by atoms with Gasteiger partial charge in [0.05, 0.1) is 6.54 Å². The molecule has 0 bridgehead atoms. The molecule has 3 aromatic rings. The summed E-state index contributed by atoms with van der Waals surface area (Å²) in [6, 6.07) is 8.21. The van der Waals surface area contributed by atoms with E-state index < -0.39 is 0 Å². The van der Waals surface area contributed by atoms with E-state index in [-0.39, 0.29) is 0 Å². The lowest BCUT2D eigenvalue weighted by molar-refractivity contribution is 0.341. The molecule has 0 unspecified atom stereocenters. The van der Waals surface area contributed by atoms with Gasteiger partial charge in [0.2, 0.25) is 11.7 Å². The van der Waals surface area contributed by atoms with Crippen LogP contribution >= 0.6 is 0 Å². The molecule has 2 heterocycles. The van der Waals surface area contributed by atoms with Crippen LogP contribution in [0.1, 0.15) is 55.9 Å². The van der Waals surface area contributed by atoms with Gasteiger partial charge in [-0.05, 0) is 18.4 Å². The van der Waals surface area contributed by atoms with Gasteiger partial charge in [0.15, 0.2) is 0 Å². The maximum atomic E-state index is 5.55. The SMILES string of the molecule is c1ncn(Cc2ccc(-c3noc(C4CCCCCC4)n3)cc2)n1. The fourth-order valence-corrected chi connectivity index (χ4v) is 3.31. The van der Waals surface area contributed by atoms with Crippen molar-refractivity contribution in [2.75, 3.05) is 0 Å². The molecule has 0 radical (unpaired) electrons. The molecule has 6 heteroatoms. The van der Waals surface area contributed by atoms with Crippen LogP contribution in [0.4, 0.5) is 0 Å². The second kappa shape index (κ2) is 6.95. The highest BCUT2D eigenvalue weighted by Crippen LogP contribution is 2.31. The molecule has 24 heavy (non-hydrogen) atoms. The van der Waals surface area contributed by atoms with Crippen molar-refractivity contribution < 1.29 is 4.52 Å². The third-order valence-corrected chi connectivity index (χ3v) is 4.67. The molecule has 0 saturated heterocycles. The third-order valence-electron chi connectivity index (χ3n) is 4.67. The largest absolute Gasteiger partial charge is 0.339 e. The fraction of sp³-hybridized carbons (Fsp3) is 0.444. The normalized spacial score (nSPS) is 16.2. The lowest BCUT2D eigenvalue weighted by Crippen LogP contribution is -1.99. The Hall–Kier alpha value is -2.50. The maximum absolute atomic E-state index is 5.55. The Kier molecular flexibility index (Phi) is 4.36. The third kappa shape index (κ3) is 3.37. The molecule has 0 amide bonds. The van der Waals surface area contributed by atoms with Crippen LogP contribution in [0.5, 0.6) is 0 Å². The van der Waals surface area contributed by atoms with Gasteiger partial charge in [0, 0.05) is 11.5 Å². The molecule has 0 aliphatic heterocycles. The van der Waals surface area contributed by atoms with Crippen molar-refractivity contribution in [3.05, 3.63) is 48.4 Å². The number of hydrogen-bond donors (Lipinski definition) is 0. The lowest BCUT2D eigenvalue weighted by Gasteiger charge is -2.07. The number of nitrogens with zero attached hydrogens (tertiary/aromatic N) is 5. The monoisotopic (exact) mass is 323 g/mol. The minimum absolute atomic E-state index is 0.431. The Morgan fingerprint density at radius 1 is 1.04 bits per heavy atom. The molecule has 6 nitrogen and oxygen atoms in total. The van der Waals surface area contributed by atoms with Gasteiger partial charge in [-0.15, -0.1) is 0 Å². The topological polar surface area (TPSA) is 69.6 Å². The highest BCUT2D eigenvalue weighted by atomic mass is 16.5. The van der Waals surface area contributed by atoms with Gasteiger partial charge in [0.1, 0.15) is 12.7 Å². The highest BCUT2D eigenvalue weighted by Gasteiger charge is 2.20. The van der Waals surface area contributed by atoms with E-state index in [1.54, 1.807) is 17.3 Å². The molecule has 1 aliphatic carbocycles. The van der Waals surface area contributed by atoms with E-state index >= 15 is 0 Å². The van der Waals surface area contributed by atoms with E-state index in [4.69, 9.17) is 4.52 Å². The first-order valence-corrected chi connectivity index (χ1v) is 8.64. The molecule has 124 valence electrons. The van der Waals surface area contributed by atoms with Crippen molar-refractivity contribution >= 4 is 0 Å². The summed E-state index contributed by atoms with van der Waals surface area (Å²) in [6.45, 7) is 0.708. The molecule has 0 atom stereocenters. The van der Waals surface area contributed by atoms with Crippen molar-refractivity contribution in [1.82, 2.24) is 24.9 Å². The van der Waals surface area contributed by atoms with Crippen LogP contribution in [0, 0.1) is 0 Å². The predicted octanol–water partition coefficient (Wildman–Crippen LogP) is 3.81. The Morgan fingerprint density at radius 2 is 1.83 bits per heavy atom. The van der Waals surface area contributed by atoms with Crippen LogP contribution in [0.15, 0.2) is 41.4 Å². The molecule has 1 aromatic carbocycles. The van der Waals surface area contributed by atoms with E-state index in [0.717, 1.165) is 17.0 Å². The smallest absolute Gasteiger partial charge is 0.230 e. The minimum atomic E-state index is 0.431. The van der Waals surface area contributed by atoms with Gasteiger partial charge in [-0.25, -0.2) is 9.67 Å². The van der Waals surface area contributed by atoms with Crippen LogP contribution < -0.4 is 0 Å². The summed E-state index contributed by atoms with van der Waals surface area (Å²) in [5.41, 5.74) is 2.15. The van der Waals surface area contributed by atoms with E-state index in [1.165, 1.54) is 38.5 Å². The zero-order chi connectivity index (χ0) is 16.2. The van der Waals surface area contributed by atoms with Crippen molar-refractivity contribution in [1.29, 1.82) is 0 Å². The molecule has 4 rings (SSSR count). The molecule has 1 aliphatic rings. The van der Waals surface area contributed by atoms with Crippen molar-refractivity contribution in [3.8, 4) is 11.4 Å². The maximum Gasteiger partial charge on any atom is 0.230 e. The standard InChI is InChI=1S/C18H21N5O/c1-2-4-6-16(5-3-1)18-21-17(22-24-18)15-9-7-14(8-10-15)11-23-13-19-12-20-23/h7-10,12-13,16H,1-6,11H2. The second-order valence-electron chi connectivity index (χ2n) is 6.43. The second-order valence-corrected chi connectivity index (χ2v) is 6.43. The Labute approximate surface area is 140 Å². The molecule has 2 aromatic heterocycles. The van der Waals surface area contributed by atoms with Gasteiger partial charge in [-0.2, -0.15) is 10.1 Å². The van der Waals surface area contributed by atoms with Crippen LogP contribution in [0.3, 0.4) is 0 Å². The number of aromatic nitrogens is 5. The summed E-state index contributed by atoms with van der Waals surface area (Å²) in [4.78, 5) is 8.60. The van der Waals surface area contributed by atoms with Gasteiger partial charge in [-0.1, -0.05) is 55.1 Å². The summed E-state index contributed by atoms with van der Waals surface area (Å²) in [6.07, 6.45) is 10.8. The molecule has 0 N–H and O–H groups in total. The summed E-state index contributed by atoms with van der Waals surface area (Å²) in [5, 5.41) is 8.30. The quantitative estimate of drug-likeness (QED) is 0.683. The summed E-state index contributed by atoms with van der Waals surface area (Å²) < 4.78 is 7.35. The van der Waals surface area contributed by atoms with Gasteiger partial charge in [0.25, 0.3) is 0 Å². The number of hydrogen-bond acceptors (Lipinski definition) is 5. The Balaban J connectivity index is 1.47. The van der Waals surface area contributed by atoms with Crippen LogP contribution in [-0.4, -0.2) is 24.9 Å². The summed E-state index contributed by atoms with van der Waals surface area (Å²) in [7, 11) is 0. The van der Waals surface area contributed by atoms with E-state index in [0.29, 0.717) is 18.3 Å². The Bertz CT molecular complexity index is 755. The van der Waals surface area contributed by atoms with Crippen LogP contribution in [-0.2, 0) is 6.54 Å². The molecule has 0 spiro atoms. The lowest BCUT2D eigenvalue weighted by atomic mass is 10.0. The van der Waals surface area contributed by atoms with Crippen molar-refractivity contribution in [2.24, 2.45) is 0 Å².